The molecule has 18 heavy (non-hydrogen) atoms. The fraction of sp³-hybridized carbons (Fsp3) is 0.417. The number of nitrogens with zero attached hydrogens (tertiary/aromatic N) is 1. The zero-order valence-electron chi connectivity index (χ0n) is 9.59. The van der Waals surface area contributed by atoms with E-state index in [1.807, 2.05) is 0 Å². The van der Waals surface area contributed by atoms with Crippen LogP contribution in [0.4, 0.5) is 18.9 Å². The standard InChI is InChI=1S/C12H11BrF3NO/c1-17-10-3-2-7(4-8(10)5-11(17)18)9(13)6-12(14,15)16/h2-4,9H,5-6H2,1H3. The Labute approximate surface area is 111 Å². The molecule has 0 saturated carbocycles. The van der Waals surface area contributed by atoms with Crippen molar-refractivity contribution in [1.29, 1.82) is 0 Å². The highest BCUT2D eigenvalue weighted by Gasteiger charge is 2.32. The number of rotatable bonds is 2. The van der Waals surface area contributed by atoms with Crippen molar-refractivity contribution < 1.29 is 18.0 Å². The summed E-state index contributed by atoms with van der Waals surface area (Å²) < 4.78 is 36.9. The lowest BCUT2D eigenvalue weighted by Crippen LogP contribution is -2.20. The van der Waals surface area contributed by atoms with Crippen molar-refractivity contribution >= 4 is 27.5 Å². The lowest BCUT2D eigenvalue weighted by molar-refractivity contribution is -0.134. The van der Waals surface area contributed by atoms with E-state index in [2.05, 4.69) is 15.9 Å². The van der Waals surface area contributed by atoms with Crippen molar-refractivity contribution in [1.82, 2.24) is 0 Å². The molecule has 2 rings (SSSR count). The first-order valence-electron chi connectivity index (χ1n) is 5.38. The number of anilines is 1. The Morgan fingerprint density at radius 2 is 2.11 bits per heavy atom. The highest BCUT2D eigenvalue weighted by molar-refractivity contribution is 9.09. The monoisotopic (exact) mass is 321 g/mol. The fourth-order valence-electron chi connectivity index (χ4n) is 2.01. The minimum atomic E-state index is -4.21. The molecule has 0 fully saturated rings. The normalized spacial score (nSPS) is 16.9. The molecule has 1 aromatic rings. The number of benzene rings is 1. The van der Waals surface area contributed by atoms with Crippen molar-refractivity contribution in [2.24, 2.45) is 0 Å². The molecule has 0 saturated heterocycles. The molecule has 0 aliphatic carbocycles. The number of likely N-dealkylation sites (N-methyl/N-ethyl adjacent to an activating group) is 1. The molecule has 0 bridgehead atoms. The van der Waals surface area contributed by atoms with Gasteiger partial charge < -0.3 is 4.90 Å². The van der Waals surface area contributed by atoms with Gasteiger partial charge in [-0.3, -0.25) is 4.79 Å². The number of hydrogen-bond donors (Lipinski definition) is 0. The van der Waals surface area contributed by atoms with Crippen molar-refractivity contribution in [2.75, 3.05) is 11.9 Å². The average molecular weight is 322 g/mol. The van der Waals surface area contributed by atoms with Crippen LogP contribution in [-0.4, -0.2) is 19.1 Å². The zero-order chi connectivity index (χ0) is 13.5. The van der Waals surface area contributed by atoms with Gasteiger partial charge in [0.25, 0.3) is 0 Å². The van der Waals surface area contributed by atoms with Crippen LogP contribution in [0.3, 0.4) is 0 Å². The first-order valence-corrected chi connectivity index (χ1v) is 6.30. The van der Waals surface area contributed by atoms with Crippen molar-refractivity contribution in [3.8, 4) is 0 Å². The van der Waals surface area contributed by atoms with E-state index in [0.29, 0.717) is 5.56 Å². The van der Waals surface area contributed by atoms with Crippen LogP contribution in [-0.2, 0) is 11.2 Å². The van der Waals surface area contributed by atoms with Crippen LogP contribution in [0, 0.1) is 0 Å². The molecule has 1 amide bonds. The molecule has 1 aliphatic heterocycles. The molecule has 2 nitrogen and oxygen atoms in total. The van der Waals surface area contributed by atoms with Crippen LogP contribution >= 0.6 is 15.9 Å². The summed E-state index contributed by atoms with van der Waals surface area (Å²) in [5.41, 5.74) is 2.11. The number of amides is 1. The zero-order valence-corrected chi connectivity index (χ0v) is 11.2. The number of hydrogen-bond acceptors (Lipinski definition) is 1. The third-order valence-electron chi connectivity index (χ3n) is 2.95. The molecule has 98 valence electrons. The van der Waals surface area contributed by atoms with Gasteiger partial charge in [0.05, 0.1) is 12.8 Å². The van der Waals surface area contributed by atoms with Gasteiger partial charge in [-0.15, -0.1) is 0 Å². The van der Waals surface area contributed by atoms with Crippen molar-refractivity contribution in [3.63, 3.8) is 0 Å². The summed E-state index contributed by atoms with van der Waals surface area (Å²) in [7, 11) is 1.66. The van der Waals surface area contributed by atoms with E-state index < -0.39 is 17.4 Å². The second kappa shape index (κ2) is 4.57. The third-order valence-corrected chi connectivity index (χ3v) is 3.81. The van der Waals surface area contributed by atoms with Crippen LogP contribution in [0.25, 0.3) is 0 Å². The maximum Gasteiger partial charge on any atom is 0.390 e. The summed E-state index contributed by atoms with van der Waals surface area (Å²) in [4.78, 5) is 12.2. The first-order chi connectivity index (χ1) is 8.28. The van der Waals surface area contributed by atoms with Gasteiger partial charge in [-0.1, -0.05) is 28.1 Å². The molecule has 1 heterocycles. The molecule has 1 unspecified atom stereocenters. The summed E-state index contributed by atoms with van der Waals surface area (Å²) in [6.07, 6.45) is -4.87. The molecule has 1 atom stereocenters. The molecular formula is C12H11BrF3NO. The molecule has 6 heteroatoms. The largest absolute Gasteiger partial charge is 0.390 e. The molecule has 0 N–H and O–H groups in total. The van der Waals surface area contributed by atoms with Crippen LogP contribution in [0.1, 0.15) is 22.4 Å². The Morgan fingerprint density at radius 3 is 2.72 bits per heavy atom. The average Bonchev–Trinajstić information content (AvgIpc) is 2.52. The topological polar surface area (TPSA) is 20.3 Å². The van der Waals surface area contributed by atoms with Gasteiger partial charge in [-0.2, -0.15) is 13.2 Å². The van der Waals surface area contributed by atoms with Crippen LogP contribution in [0.15, 0.2) is 18.2 Å². The van der Waals surface area contributed by atoms with Crippen LogP contribution < -0.4 is 4.90 Å². The fourth-order valence-corrected chi connectivity index (χ4v) is 2.66. The lowest BCUT2D eigenvalue weighted by atomic mass is 10.0. The highest BCUT2D eigenvalue weighted by Crippen LogP contribution is 2.38. The van der Waals surface area contributed by atoms with Gasteiger partial charge in [0.15, 0.2) is 0 Å². The van der Waals surface area contributed by atoms with Gasteiger partial charge in [0.2, 0.25) is 5.91 Å². The summed E-state index contributed by atoms with van der Waals surface area (Å²) >= 11 is 3.04. The van der Waals surface area contributed by atoms with E-state index in [4.69, 9.17) is 0 Å². The van der Waals surface area contributed by atoms with E-state index in [-0.39, 0.29) is 12.3 Å². The Kier molecular flexibility index (Phi) is 3.40. The Hall–Kier alpha value is -1.04. The molecule has 0 aromatic heterocycles. The number of fused-ring (bicyclic) bond motifs is 1. The molecular weight excluding hydrogens is 311 g/mol. The minimum Gasteiger partial charge on any atom is -0.315 e. The number of carbonyl (C=O) groups is 1. The van der Waals surface area contributed by atoms with E-state index in [9.17, 15) is 18.0 Å². The maximum absolute atomic E-state index is 12.3. The van der Waals surface area contributed by atoms with Crippen molar-refractivity contribution in [2.45, 2.75) is 23.8 Å². The van der Waals surface area contributed by atoms with Crippen molar-refractivity contribution in [3.05, 3.63) is 29.3 Å². The molecule has 1 aromatic carbocycles. The third kappa shape index (κ3) is 2.68. The van der Waals surface area contributed by atoms with E-state index in [1.165, 1.54) is 4.90 Å². The van der Waals surface area contributed by atoms with E-state index >= 15 is 0 Å². The summed E-state index contributed by atoms with van der Waals surface area (Å²) in [5.74, 6) is -0.0379. The predicted octanol–water partition coefficient (Wildman–Crippen LogP) is 3.59. The summed E-state index contributed by atoms with van der Waals surface area (Å²) in [6.45, 7) is 0. The Bertz CT molecular complexity index is 487. The number of halogens is 4. The molecule has 0 radical (unpaired) electrons. The second-order valence-corrected chi connectivity index (χ2v) is 5.41. The number of alkyl halides is 4. The predicted molar refractivity (Wildman–Crippen MR) is 65.9 cm³/mol. The summed E-state index contributed by atoms with van der Waals surface area (Å²) in [5, 5.41) is 0. The van der Waals surface area contributed by atoms with Gasteiger partial charge in [-0.25, -0.2) is 0 Å². The Morgan fingerprint density at radius 1 is 1.44 bits per heavy atom. The van der Waals surface area contributed by atoms with Gasteiger partial charge in [0.1, 0.15) is 0 Å². The Balaban J connectivity index is 2.23. The van der Waals surface area contributed by atoms with Gasteiger partial charge >= 0.3 is 6.18 Å². The molecule has 1 aliphatic rings. The van der Waals surface area contributed by atoms with Crippen LogP contribution in [0.5, 0.6) is 0 Å². The first kappa shape index (κ1) is 13.4. The summed E-state index contributed by atoms with van der Waals surface area (Å²) in [6, 6.07) is 4.99. The SMILES string of the molecule is CN1C(=O)Cc2cc(C(Br)CC(F)(F)F)ccc21. The quantitative estimate of drug-likeness (QED) is 0.762. The molecule has 0 spiro atoms. The van der Waals surface area contributed by atoms with Gasteiger partial charge in [0, 0.05) is 17.6 Å². The van der Waals surface area contributed by atoms with Crippen LogP contribution in [0.2, 0.25) is 0 Å². The lowest BCUT2D eigenvalue weighted by Gasteiger charge is -2.15. The number of carbonyl (C=O) groups excluding carboxylic acids is 1. The van der Waals surface area contributed by atoms with E-state index in [1.54, 1.807) is 25.2 Å². The second-order valence-electron chi connectivity index (χ2n) is 4.30. The van der Waals surface area contributed by atoms with E-state index in [0.717, 1.165) is 11.3 Å². The maximum atomic E-state index is 12.3. The highest BCUT2D eigenvalue weighted by atomic mass is 79.9. The van der Waals surface area contributed by atoms with Gasteiger partial charge in [-0.05, 0) is 17.2 Å². The smallest absolute Gasteiger partial charge is 0.315 e. The minimum absolute atomic E-state index is 0.0379.